The molecule has 0 N–H and O–H groups in total. The van der Waals surface area contributed by atoms with Gasteiger partial charge >= 0.3 is 12.1 Å². The topological polar surface area (TPSA) is 77.1 Å². The van der Waals surface area contributed by atoms with E-state index < -0.39 is 12.1 Å². The first-order valence-corrected chi connectivity index (χ1v) is 9.14. The Hall–Kier alpha value is -2.23. The zero-order valence-corrected chi connectivity index (χ0v) is 14.7. The van der Waals surface area contributed by atoms with Crippen LogP contribution >= 0.6 is 0 Å². The Balaban J connectivity index is 1.47. The third-order valence-corrected chi connectivity index (χ3v) is 5.20. The van der Waals surface area contributed by atoms with Crippen LogP contribution in [0.15, 0.2) is 15.3 Å². The molecule has 1 aliphatic heterocycles. The van der Waals surface area contributed by atoms with Crippen molar-refractivity contribution in [1.82, 2.24) is 24.9 Å². The van der Waals surface area contributed by atoms with Crippen LogP contribution in [0, 0.1) is 0 Å². The van der Waals surface area contributed by atoms with Gasteiger partial charge in [-0.15, -0.1) is 10.2 Å². The van der Waals surface area contributed by atoms with E-state index in [4.69, 9.17) is 4.42 Å². The van der Waals surface area contributed by atoms with Gasteiger partial charge < -0.3 is 4.42 Å². The molecule has 3 heterocycles. The number of rotatable bonds is 4. The average molecular weight is 383 g/mol. The van der Waals surface area contributed by atoms with Crippen molar-refractivity contribution in [3.8, 4) is 0 Å². The molecule has 0 spiro atoms. The Kier molecular flexibility index (Phi) is 4.75. The zero-order valence-electron chi connectivity index (χ0n) is 14.7. The molecule has 27 heavy (non-hydrogen) atoms. The molecule has 1 unspecified atom stereocenters. The van der Waals surface area contributed by atoms with Gasteiger partial charge in [0.2, 0.25) is 5.89 Å². The maximum atomic E-state index is 12.6. The van der Waals surface area contributed by atoms with Gasteiger partial charge in [0.1, 0.15) is 0 Å². The summed E-state index contributed by atoms with van der Waals surface area (Å²) in [6, 6.07) is 1.67. The van der Waals surface area contributed by atoms with E-state index in [2.05, 4.69) is 15.3 Å². The third kappa shape index (κ3) is 3.90. The molecule has 2 aromatic heterocycles. The monoisotopic (exact) mass is 383 g/mol. The highest BCUT2D eigenvalue weighted by Crippen LogP contribution is 2.28. The Morgan fingerprint density at radius 3 is 2.78 bits per heavy atom. The second-order valence-corrected chi connectivity index (χ2v) is 7.11. The first-order chi connectivity index (χ1) is 12.9. The average Bonchev–Trinajstić information content (AvgIpc) is 3.26. The van der Waals surface area contributed by atoms with Crippen molar-refractivity contribution < 1.29 is 17.6 Å². The summed E-state index contributed by atoms with van der Waals surface area (Å²) in [6.07, 6.45) is 1.02. The summed E-state index contributed by atoms with van der Waals surface area (Å²) < 4.78 is 44.0. The van der Waals surface area contributed by atoms with Gasteiger partial charge in [-0.3, -0.25) is 9.69 Å². The fourth-order valence-electron chi connectivity index (χ4n) is 3.85. The molecule has 146 valence electrons. The maximum absolute atomic E-state index is 12.6. The molecule has 0 saturated carbocycles. The molecular weight excluding hydrogens is 363 g/mol. The van der Waals surface area contributed by atoms with Crippen LogP contribution in [0.4, 0.5) is 13.2 Å². The molecule has 2 aliphatic rings. The summed E-state index contributed by atoms with van der Waals surface area (Å²) in [4.78, 5) is 14.3. The van der Waals surface area contributed by atoms with Crippen molar-refractivity contribution in [3.63, 3.8) is 0 Å². The number of aryl methyl sites for hydroxylation is 2. The lowest BCUT2D eigenvalue weighted by Gasteiger charge is -2.24. The number of aromatic nitrogens is 4. The van der Waals surface area contributed by atoms with Crippen LogP contribution in [0.5, 0.6) is 0 Å². The molecule has 7 nitrogen and oxygen atoms in total. The fourth-order valence-corrected chi connectivity index (χ4v) is 3.85. The maximum Gasteiger partial charge on any atom is 0.470 e. The van der Waals surface area contributed by atoms with Gasteiger partial charge in [0.25, 0.3) is 5.56 Å². The molecule has 10 heteroatoms. The normalized spacial score (nSPS) is 20.8. The largest absolute Gasteiger partial charge is 0.470 e. The van der Waals surface area contributed by atoms with Crippen LogP contribution in [0.25, 0.3) is 0 Å². The number of nitrogens with zero attached hydrogens (tertiary/aromatic N) is 5. The van der Waals surface area contributed by atoms with Crippen molar-refractivity contribution in [1.29, 1.82) is 0 Å². The molecule has 0 radical (unpaired) electrons. The standard InChI is InChI=1S/C17H20F3N5O2/c18-17(19,20)16-22-21-14(27-16)10-24-7-3-5-12(24)9-25-15(26)8-11-4-1-2-6-13(11)23-25/h8,12H,1-7,9-10H2. The predicted molar refractivity (Wildman–Crippen MR) is 87.9 cm³/mol. The first-order valence-electron chi connectivity index (χ1n) is 9.14. The van der Waals surface area contributed by atoms with E-state index in [9.17, 15) is 18.0 Å². The van der Waals surface area contributed by atoms with Crippen molar-refractivity contribution in [2.75, 3.05) is 6.54 Å². The van der Waals surface area contributed by atoms with Gasteiger partial charge in [-0.1, -0.05) is 0 Å². The lowest BCUT2D eigenvalue weighted by Crippen LogP contribution is -2.37. The van der Waals surface area contributed by atoms with Crippen molar-refractivity contribution >= 4 is 0 Å². The number of alkyl halides is 3. The minimum atomic E-state index is -4.64. The minimum Gasteiger partial charge on any atom is -0.416 e. The first kappa shape index (κ1) is 18.1. The molecule has 1 atom stereocenters. The predicted octanol–water partition coefficient (Wildman–Crippen LogP) is 2.19. The van der Waals surface area contributed by atoms with E-state index in [1.54, 1.807) is 6.07 Å². The second kappa shape index (κ2) is 7.06. The number of likely N-dealkylation sites (tertiary alicyclic amines) is 1. The van der Waals surface area contributed by atoms with Gasteiger partial charge in [-0.2, -0.15) is 18.3 Å². The molecular formula is C17H20F3N5O2. The summed E-state index contributed by atoms with van der Waals surface area (Å²) in [5, 5.41) is 11.1. The molecule has 1 saturated heterocycles. The Morgan fingerprint density at radius 2 is 2.00 bits per heavy atom. The summed E-state index contributed by atoms with van der Waals surface area (Å²) in [5.41, 5.74) is 1.90. The molecule has 2 aromatic rings. The van der Waals surface area contributed by atoms with E-state index >= 15 is 0 Å². The highest BCUT2D eigenvalue weighted by molar-refractivity contribution is 5.20. The van der Waals surface area contributed by atoms with Gasteiger partial charge in [0.15, 0.2) is 0 Å². The Bertz CT molecular complexity index is 876. The van der Waals surface area contributed by atoms with Crippen LogP contribution < -0.4 is 5.56 Å². The van der Waals surface area contributed by atoms with Crippen LogP contribution in [-0.2, 0) is 32.1 Å². The smallest absolute Gasteiger partial charge is 0.416 e. The zero-order chi connectivity index (χ0) is 19.0. The highest BCUT2D eigenvalue weighted by atomic mass is 19.4. The lowest BCUT2D eigenvalue weighted by molar-refractivity contribution is -0.157. The molecule has 1 fully saturated rings. The summed E-state index contributed by atoms with van der Waals surface area (Å²) >= 11 is 0. The lowest BCUT2D eigenvalue weighted by atomic mass is 9.97. The summed E-state index contributed by atoms with van der Waals surface area (Å²) in [6.45, 7) is 1.24. The highest BCUT2D eigenvalue weighted by Gasteiger charge is 2.38. The van der Waals surface area contributed by atoms with Crippen LogP contribution in [0.1, 0.15) is 48.7 Å². The van der Waals surface area contributed by atoms with E-state index in [1.165, 1.54) is 4.68 Å². The van der Waals surface area contributed by atoms with Crippen LogP contribution in [0.2, 0.25) is 0 Å². The quantitative estimate of drug-likeness (QED) is 0.806. The SMILES string of the molecule is O=c1cc2c(nn1CC1CCCN1Cc1nnc(C(F)(F)F)o1)CCCC2. The number of hydrogen-bond donors (Lipinski definition) is 0. The Labute approximate surface area is 153 Å². The Morgan fingerprint density at radius 1 is 1.19 bits per heavy atom. The van der Waals surface area contributed by atoms with Crippen molar-refractivity contribution in [3.05, 3.63) is 39.5 Å². The van der Waals surface area contributed by atoms with E-state index in [0.717, 1.165) is 49.8 Å². The molecule has 1 aliphatic carbocycles. The third-order valence-electron chi connectivity index (χ3n) is 5.20. The molecule has 0 amide bonds. The second-order valence-electron chi connectivity index (χ2n) is 7.11. The molecule has 4 rings (SSSR count). The molecule has 0 aromatic carbocycles. The van der Waals surface area contributed by atoms with Crippen LogP contribution in [0.3, 0.4) is 0 Å². The van der Waals surface area contributed by atoms with Gasteiger partial charge in [0.05, 0.1) is 18.8 Å². The van der Waals surface area contributed by atoms with Gasteiger partial charge in [-0.05, 0) is 50.6 Å². The van der Waals surface area contributed by atoms with Gasteiger partial charge in [-0.25, -0.2) is 4.68 Å². The molecule has 0 bridgehead atoms. The van der Waals surface area contributed by atoms with E-state index in [1.807, 2.05) is 4.90 Å². The van der Waals surface area contributed by atoms with Crippen molar-refractivity contribution in [2.45, 2.75) is 63.8 Å². The van der Waals surface area contributed by atoms with Crippen molar-refractivity contribution in [2.24, 2.45) is 0 Å². The van der Waals surface area contributed by atoms with Gasteiger partial charge in [0, 0.05) is 12.1 Å². The number of hydrogen-bond acceptors (Lipinski definition) is 6. The summed E-state index contributed by atoms with van der Waals surface area (Å²) in [7, 11) is 0. The van der Waals surface area contributed by atoms with E-state index in [0.29, 0.717) is 13.1 Å². The fraction of sp³-hybridized carbons (Fsp3) is 0.647. The van der Waals surface area contributed by atoms with E-state index in [-0.39, 0.29) is 24.0 Å². The number of halogens is 3. The van der Waals surface area contributed by atoms with Crippen LogP contribution in [-0.4, -0.2) is 37.5 Å². The number of fused-ring (bicyclic) bond motifs is 1. The minimum absolute atomic E-state index is 0.00178. The summed E-state index contributed by atoms with van der Waals surface area (Å²) in [5.74, 6) is -1.40.